The molecule has 2 rings (SSSR count). The second kappa shape index (κ2) is 7.73. The number of hydrogen-bond donors (Lipinski definition) is 2. The fourth-order valence-corrected chi connectivity index (χ4v) is 2.42. The first kappa shape index (κ1) is 14.6. The highest BCUT2D eigenvalue weighted by Gasteiger charge is 2.04. The van der Waals surface area contributed by atoms with E-state index in [-0.39, 0.29) is 6.03 Å². The normalized spacial score (nSPS) is 14.6. The first-order chi connectivity index (χ1) is 9.74. The molecule has 108 valence electrons. The van der Waals surface area contributed by atoms with E-state index in [4.69, 9.17) is 0 Å². The molecule has 0 saturated heterocycles. The fraction of sp³-hybridized carbons (Fsp3) is 0.471. The summed E-state index contributed by atoms with van der Waals surface area (Å²) in [5.41, 5.74) is 3.86. The molecule has 0 heterocycles. The molecule has 1 aromatic rings. The summed E-state index contributed by atoms with van der Waals surface area (Å²) in [5.74, 6) is 0. The average Bonchev–Trinajstić information content (AvgIpc) is 2.48. The molecule has 20 heavy (non-hydrogen) atoms. The van der Waals surface area contributed by atoms with Gasteiger partial charge in [0.15, 0.2) is 0 Å². The van der Waals surface area contributed by atoms with E-state index < -0.39 is 0 Å². The molecule has 0 aromatic heterocycles. The molecule has 2 amide bonds. The Kier molecular flexibility index (Phi) is 5.66. The molecular formula is C17H24N2O. The first-order valence-corrected chi connectivity index (χ1v) is 7.49. The number of nitrogens with one attached hydrogen (secondary N) is 2. The zero-order valence-electron chi connectivity index (χ0n) is 12.2. The molecule has 0 atom stereocenters. The summed E-state index contributed by atoms with van der Waals surface area (Å²) < 4.78 is 0. The van der Waals surface area contributed by atoms with Crippen LogP contribution in [0.2, 0.25) is 0 Å². The van der Waals surface area contributed by atoms with Crippen LogP contribution in [0, 0.1) is 6.92 Å². The van der Waals surface area contributed by atoms with Crippen molar-refractivity contribution in [1.29, 1.82) is 0 Å². The zero-order chi connectivity index (χ0) is 14.2. The van der Waals surface area contributed by atoms with Gasteiger partial charge in [-0.15, -0.1) is 0 Å². The van der Waals surface area contributed by atoms with Gasteiger partial charge in [0, 0.05) is 13.1 Å². The number of allylic oxidation sites excluding steroid dienone is 1. The van der Waals surface area contributed by atoms with E-state index in [1.165, 1.54) is 36.8 Å². The molecule has 3 heteroatoms. The van der Waals surface area contributed by atoms with Gasteiger partial charge >= 0.3 is 6.03 Å². The Balaban J connectivity index is 1.62. The Morgan fingerprint density at radius 2 is 1.95 bits per heavy atom. The van der Waals surface area contributed by atoms with Gasteiger partial charge in [-0.25, -0.2) is 4.79 Å². The highest BCUT2D eigenvalue weighted by atomic mass is 16.2. The monoisotopic (exact) mass is 272 g/mol. The van der Waals surface area contributed by atoms with E-state index in [0.717, 1.165) is 18.5 Å². The van der Waals surface area contributed by atoms with E-state index in [1.54, 1.807) is 0 Å². The summed E-state index contributed by atoms with van der Waals surface area (Å²) in [6.07, 6.45) is 8.33. The van der Waals surface area contributed by atoms with E-state index in [1.807, 2.05) is 12.1 Å². The molecule has 0 bridgehead atoms. The van der Waals surface area contributed by atoms with Gasteiger partial charge in [0.25, 0.3) is 0 Å². The van der Waals surface area contributed by atoms with Gasteiger partial charge in [-0.2, -0.15) is 0 Å². The van der Waals surface area contributed by atoms with Gasteiger partial charge < -0.3 is 10.6 Å². The molecular weight excluding hydrogens is 248 g/mol. The molecule has 0 saturated carbocycles. The summed E-state index contributed by atoms with van der Waals surface area (Å²) in [6, 6.07) is 8.13. The van der Waals surface area contributed by atoms with Crippen molar-refractivity contribution in [2.24, 2.45) is 0 Å². The summed E-state index contributed by atoms with van der Waals surface area (Å²) in [5, 5.41) is 5.81. The van der Waals surface area contributed by atoms with Crippen LogP contribution in [0.25, 0.3) is 0 Å². The predicted octanol–water partition coefficient (Wildman–Crippen LogP) is 3.68. The lowest BCUT2D eigenvalue weighted by molar-refractivity contribution is 0.240. The number of hydrogen-bond acceptors (Lipinski definition) is 1. The molecule has 0 aliphatic heterocycles. The lowest BCUT2D eigenvalue weighted by atomic mass is 9.97. The van der Waals surface area contributed by atoms with Gasteiger partial charge in [-0.1, -0.05) is 41.5 Å². The van der Waals surface area contributed by atoms with Crippen molar-refractivity contribution in [1.82, 2.24) is 10.6 Å². The third-order valence-electron chi connectivity index (χ3n) is 3.69. The average molecular weight is 272 g/mol. The van der Waals surface area contributed by atoms with Crippen molar-refractivity contribution < 1.29 is 4.79 Å². The SMILES string of the molecule is Cc1ccc(CNC(=O)NCCC2=CCCCC2)cc1. The molecule has 0 unspecified atom stereocenters. The van der Waals surface area contributed by atoms with Crippen LogP contribution < -0.4 is 10.6 Å². The maximum atomic E-state index is 11.7. The van der Waals surface area contributed by atoms with Crippen LogP contribution in [0.15, 0.2) is 35.9 Å². The van der Waals surface area contributed by atoms with Crippen molar-refractivity contribution in [2.75, 3.05) is 6.54 Å². The van der Waals surface area contributed by atoms with Crippen molar-refractivity contribution in [3.05, 3.63) is 47.0 Å². The zero-order valence-corrected chi connectivity index (χ0v) is 12.2. The standard InChI is InChI=1S/C17H24N2O/c1-14-7-9-16(10-8-14)13-19-17(20)18-12-11-15-5-3-2-4-6-15/h5,7-10H,2-4,6,11-13H2,1H3,(H2,18,19,20). The Morgan fingerprint density at radius 3 is 2.65 bits per heavy atom. The molecule has 1 aromatic carbocycles. The van der Waals surface area contributed by atoms with Crippen LogP contribution in [0.3, 0.4) is 0 Å². The molecule has 0 radical (unpaired) electrons. The molecule has 2 N–H and O–H groups in total. The van der Waals surface area contributed by atoms with E-state index in [2.05, 4.69) is 35.8 Å². The number of aryl methyl sites for hydroxylation is 1. The van der Waals surface area contributed by atoms with Crippen molar-refractivity contribution >= 4 is 6.03 Å². The van der Waals surface area contributed by atoms with Crippen molar-refractivity contribution in [3.63, 3.8) is 0 Å². The molecule has 3 nitrogen and oxygen atoms in total. The number of rotatable bonds is 5. The second-order valence-electron chi connectivity index (χ2n) is 5.45. The quantitative estimate of drug-likeness (QED) is 0.789. The van der Waals surface area contributed by atoms with Crippen LogP contribution >= 0.6 is 0 Å². The second-order valence-corrected chi connectivity index (χ2v) is 5.45. The molecule has 1 aliphatic carbocycles. The molecule has 1 aliphatic rings. The van der Waals surface area contributed by atoms with Gasteiger partial charge in [0.2, 0.25) is 0 Å². The maximum absolute atomic E-state index is 11.7. The number of amides is 2. The Morgan fingerprint density at radius 1 is 1.15 bits per heavy atom. The van der Waals surface area contributed by atoms with Gasteiger partial charge in [0.1, 0.15) is 0 Å². The van der Waals surface area contributed by atoms with Gasteiger partial charge in [0.05, 0.1) is 0 Å². The smallest absolute Gasteiger partial charge is 0.315 e. The van der Waals surface area contributed by atoms with Crippen molar-refractivity contribution in [3.8, 4) is 0 Å². The summed E-state index contributed by atoms with van der Waals surface area (Å²) in [4.78, 5) is 11.7. The van der Waals surface area contributed by atoms with E-state index in [9.17, 15) is 4.79 Å². The summed E-state index contributed by atoms with van der Waals surface area (Å²) in [6.45, 7) is 3.37. The Bertz CT molecular complexity index is 462. The highest BCUT2D eigenvalue weighted by molar-refractivity contribution is 5.73. The van der Waals surface area contributed by atoms with E-state index in [0.29, 0.717) is 6.54 Å². The number of carbonyl (C=O) groups excluding carboxylic acids is 1. The van der Waals surface area contributed by atoms with Crippen LogP contribution in [-0.2, 0) is 6.54 Å². The van der Waals surface area contributed by atoms with Crippen LogP contribution in [0.5, 0.6) is 0 Å². The highest BCUT2D eigenvalue weighted by Crippen LogP contribution is 2.19. The lowest BCUT2D eigenvalue weighted by Gasteiger charge is -2.13. The minimum Gasteiger partial charge on any atom is -0.338 e. The number of benzene rings is 1. The fourth-order valence-electron chi connectivity index (χ4n) is 2.42. The van der Waals surface area contributed by atoms with Gasteiger partial charge in [-0.3, -0.25) is 0 Å². The van der Waals surface area contributed by atoms with Crippen molar-refractivity contribution in [2.45, 2.75) is 45.6 Å². The summed E-state index contributed by atoms with van der Waals surface area (Å²) in [7, 11) is 0. The Labute approximate surface area is 121 Å². The largest absolute Gasteiger partial charge is 0.338 e. The molecule has 0 fully saturated rings. The topological polar surface area (TPSA) is 41.1 Å². The summed E-state index contributed by atoms with van der Waals surface area (Å²) >= 11 is 0. The van der Waals surface area contributed by atoms with Crippen LogP contribution in [0.1, 0.15) is 43.2 Å². The van der Waals surface area contributed by atoms with Gasteiger partial charge in [-0.05, 0) is 44.6 Å². The minimum absolute atomic E-state index is 0.0815. The Hall–Kier alpha value is -1.77. The first-order valence-electron chi connectivity index (χ1n) is 7.49. The third-order valence-corrected chi connectivity index (χ3v) is 3.69. The predicted molar refractivity (Wildman–Crippen MR) is 82.6 cm³/mol. The van der Waals surface area contributed by atoms with E-state index >= 15 is 0 Å². The number of carbonyl (C=O) groups is 1. The number of urea groups is 1. The molecule has 0 spiro atoms. The van der Waals surface area contributed by atoms with Crippen LogP contribution in [0.4, 0.5) is 4.79 Å². The minimum atomic E-state index is -0.0815. The van der Waals surface area contributed by atoms with Crippen LogP contribution in [-0.4, -0.2) is 12.6 Å². The third kappa shape index (κ3) is 5.08. The maximum Gasteiger partial charge on any atom is 0.315 e. The lowest BCUT2D eigenvalue weighted by Crippen LogP contribution is -2.35.